The minimum absolute atomic E-state index is 0.138. The molecule has 1 aromatic heterocycles. The van der Waals surface area contributed by atoms with E-state index in [1.807, 2.05) is 0 Å². The van der Waals surface area contributed by atoms with Crippen molar-refractivity contribution in [3.05, 3.63) is 33.7 Å². The first-order valence-corrected chi connectivity index (χ1v) is 9.74. The van der Waals surface area contributed by atoms with Crippen LogP contribution in [-0.2, 0) is 14.3 Å². The standard InChI is InChI=1S/C19H27N3O5.CH2O2/c1-12-4-5-14(16(24)20-12)17(25)22-8-6-19(7-9-22)11-18(3,26)15(10-27-19)21-13(2)23;2-1-3/h4-5,15,26H,6-11H2,1-3H3,(H,20,24)(H,21,23);1H,(H,2,3)/t15-,18-;/m0./s1. The van der Waals surface area contributed by atoms with Crippen LogP contribution in [-0.4, -0.2) is 75.3 Å². The van der Waals surface area contributed by atoms with Crippen LogP contribution in [0.3, 0.4) is 0 Å². The zero-order valence-electron chi connectivity index (χ0n) is 17.4. The summed E-state index contributed by atoms with van der Waals surface area (Å²) in [5.41, 5.74) is -1.13. The van der Waals surface area contributed by atoms with E-state index in [1.165, 1.54) is 6.92 Å². The molecule has 30 heavy (non-hydrogen) atoms. The van der Waals surface area contributed by atoms with Gasteiger partial charge in [-0.15, -0.1) is 0 Å². The molecule has 0 unspecified atom stereocenters. The summed E-state index contributed by atoms with van der Waals surface area (Å²) in [7, 11) is 0. The lowest BCUT2D eigenvalue weighted by molar-refractivity contribution is -0.187. The normalized spacial score (nSPS) is 25.1. The predicted molar refractivity (Wildman–Crippen MR) is 107 cm³/mol. The maximum absolute atomic E-state index is 12.7. The molecule has 2 aliphatic heterocycles. The molecule has 0 radical (unpaired) electrons. The third-order valence-electron chi connectivity index (χ3n) is 5.61. The topological polar surface area (TPSA) is 149 Å². The van der Waals surface area contributed by atoms with Crippen molar-refractivity contribution in [2.24, 2.45) is 0 Å². The van der Waals surface area contributed by atoms with Gasteiger partial charge in [0.25, 0.3) is 17.9 Å². The van der Waals surface area contributed by atoms with Gasteiger partial charge in [0.2, 0.25) is 5.91 Å². The number of ether oxygens (including phenoxy) is 1. The number of aromatic nitrogens is 1. The Morgan fingerprint density at radius 2 is 1.93 bits per heavy atom. The number of nitrogens with zero attached hydrogens (tertiary/aromatic N) is 1. The highest BCUT2D eigenvalue weighted by Gasteiger charge is 2.49. The van der Waals surface area contributed by atoms with E-state index in [0.717, 1.165) is 0 Å². The Kier molecular flexibility index (Phi) is 7.38. The molecule has 10 nitrogen and oxygen atoms in total. The summed E-state index contributed by atoms with van der Waals surface area (Å²) >= 11 is 0. The summed E-state index contributed by atoms with van der Waals surface area (Å²) in [5, 5.41) is 20.4. The van der Waals surface area contributed by atoms with Gasteiger partial charge in [-0.1, -0.05) is 0 Å². The zero-order valence-corrected chi connectivity index (χ0v) is 17.4. The fourth-order valence-corrected chi connectivity index (χ4v) is 4.06. The number of amides is 2. The molecule has 1 aromatic rings. The van der Waals surface area contributed by atoms with E-state index in [4.69, 9.17) is 14.6 Å². The van der Waals surface area contributed by atoms with Crippen LogP contribution in [0, 0.1) is 6.92 Å². The number of nitrogens with one attached hydrogen (secondary N) is 2. The third kappa shape index (κ3) is 5.45. The molecule has 2 saturated heterocycles. The maximum Gasteiger partial charge on any atom is 0.290 e. The smallest absolute Gasteiger partial charge is 0.290 e. The highest BCUT2D eigenvalue weighted by Crippen LogP contribution is 2.39. The van der Waals surface area contributed by atoms with Crippen molar-refractivity contribution in [2.45, 2.75) is 57.3 Å². The monoisotopic (exact) mass is 423 g/mol. The number of aryl methyl sites for hydroxylation is 1. The molecule has 3 heterocycles. The van der Waals surface area contributed by atoms with Crippen molar-refractivity contribution in [3.63, 3.8) is 0 Å². The van der Waals surface area contributed by atoms with Crippen LogP contribution in [0.5, 0.6) is 0 Å². The molecule has 4 N–H and O–H groups in total. The van der Waals surface area contributed by atoms with Crippen molar-refractivity contribution < 1.29 is 29.3 Å². The number of hydrogen-bond donors (Lipinski definition) is 4. The van der Waals surface area contributed by atoms with Gasteiger partial charge < -0.3 is 30.2 Å². The molecule has 2 amide bonds. The Labute approximate surface area is 174 Å². The van der Waals surface area contributed by atoms with Gasteiger partial charge in [0.15, 0.2) is 0 Å². The minimum Gasteiger partial charge on any atom is -0.483 e. The molecule has 1 spiro atoms. The van der Waals surface area contributed by atoms with E-state index in [-0.39, 0.29) is 36.0 Å². The highest BCUT2D eigenvalue weighted by molar-refractivity contribution is 5.93. The molecule has 2 aliphatic rings. The Balaban J connectivity index is 0.00000101. The Bertz CT molecular complexity index is 841. The number of hydrogen-bond acceptors (Lipinski definition) is 6. The summed E-state index contributed by atoms with van der Waals surface area (Å²) in [6, 6.07) is 2.82. The van der Waals surface area contributed by atoms with Gasteiger partial charge in [0.1, 0.15) is 5.56 Å². The molecular weight excluding hydrogens is 394 g/mol. The van der Waals surface area contributed by atoms with Crippen LogP contribution in [0.4, 0.5) is 0 Å². The highest BCUT2D eigenvalue weighted by atomic mass is 16.5. The first-order valence-electron chi connectivity index (χ1n) is 9.74. The lowest BCUT2D eigenvalue weighted by atomic mass is 9.75. The largest absolute Gasteiger partial charge is 0.483 e. The summed E-state index contributed by atoms with van der Waals surface area (Å²) in [6.45, 7) is 5.78. The first kappa shape index (κ1) is 23.6. The van der Waals surface area contributed by atoms with Crippen molar-refractivity contribution in [2.75, 3.05) is 19.7 Å². The summed E-state index contributed by atoms with van der Waals surface area (Å²) < 4.78 is 6.05. The molecule has 2 fully saturated rings. The van der Waals surface area contributed by atoms with Crippen molar-refractivity contribution in [3.8, 4) is 0 Å². The molecule has 0 saturated carbocycles. The molecule has 3 rings (SSSR count). The second kappa shape index (κ2) is 9.40. The number of likely N-dealkylation sites (tertiary alicyclic amines) is 1. The van der Waals surface area contributed by atoms with Crippen LogP contribution in [0.25, 0.3) is 0 Å². The fraction of sp³-hybridized carbons (Fsp3) is 0.600. The quantitative estimate of drug-likeness (QED) is 0.491. The molecule has 10 heteroatoms. The first-order chi connectivity index (χ1) is 14.0. The lowest BCUT2D eigenvalue weighted by Crippen LogP contribution is -2.64. The molecule has 2 atom stereocenters. The number of aliphatic hydroxyl groups is 1. The van der Waals surface area contributed by atoms with Gasteiger partial charge in [-0.05, 0) is 38.8 Å². The van der Waals surface area contributed by atoms with Crippen molar-refractivity contribution in [1.29, 1.82) is 0 Å². The van der Waals surface area contributed by atoms with Crippen LogP contribution in [0.15, 0.2) is 16.9 Å². The van der Waals surface area contributed by atoms with E-state index in [9.17, 15) is 19.5 Å². The van der Waals surface area contributed by atoms with Crippen LogP contribution < -0.4 is 10.9 Å². The van der Waals surface area contributed by atoms with E-state index < -0.39 is 17.2 Å². The summed E-state index contributed by atoms with van der Waals surface area (Å²) in [6.07, 6.45) is 1.54. The third-order valence-corrected chi connectivity index (χ3v) is 5.61. The summed E-state index contributed by atoms with van der Waals surface area (Å²) in [4.78, 5) is 48.7. The van der Waals surface area contributed by atoms with Gasteiger partial charge in [-0.25, -0.2) is 0 Å². The Morgan fingerprint density at radius 3 is 2.43 bits per heavy atom. The van der Waals surface area contributed by atoms with Gasteiger partial charge in [-0.3, -0.25) is 19.2 Å². The zero-order chi connectivity index (χ0) is 22.5. The minimum atomic E-state index is -1.08. The Hall–Kier alpha value is -2.72. The van der Waals surface area contributed by atoms with Crippen molar-refractivity contribution in [1.82, 2.24) is 15.2 Å². The average molecular weight is 423 g/mol. The molecular formula is C20H29N3O7. The second-order valence-corrected chi connectivity index (χ2v) is 8.06. The number of carbonyl (C=O) groups is 3. The number of piperidine rings is 1. The molecule has 166 valence electrons. The van der Waals surface area contributed by atoms with Crippen molar-refractivity contribution >= 4 is 18.3 Å². The van der Waals surface area contributed by atoms with Crippen LogP contribution in [0.1, 0.15) is 49.2 Å². The van der Waals surface area contributed by atoms with Crippen LogP contribution in [0.2, 0.25) is 0 Å². The lowest BCUT2D eigenvalue weighted by Gasteiger charge is -2.51. The maximum atomic E-state index is 12.7. The molecule has 0 aliphatic carbocycles. The molecule has 0 bridgehead atoms. The number of aromatic amines is 1. The molecule has 0 aromatic carbocycles. The van der Waals surface area contributed by atoms with Gasteiger partial charge >= 0.3 is 0 Å². The number of H-pyrrole nitrogens is 1. The number of pyridine rings is 1. The number of carbonyl (C=O) groups excluding carboxylic acids is 2. The van der Waals surface area contributed by atoms with Gasteiger partial charge in [0.05, 0.1) is 23.9 Å². The van der Waals surface area contributed by atoms with E-state index in [0.29, 0.717) is 38.0 Å². The van der Waals surface area contributed by atoms with Gasteiger partial charge in [-0.2, -0.15) is 0 Å². The SMILES string of the molecule is CC(=O)N[C@H]1COC2(CCN(C(=O)c3ccc(C)[nH]c3=O)CC2)C[C@]1(C)O.O=CO. The number of carboxylic acid groups (broad SMARTS) is 1. The summed E-state index contributed by atoms with van der Waals surface area (Å²) in [5.74, 6) is -0.492. The van der Waals surface area contributed by atoms with E-state index >= 15 is 0 Å². The van der Waals surface area contributed by atoms with E-state index in [1.54, 1.807) is 30.9 Å². The van der Waals surface area contributed by atoms with E-state index in [2.05, 4.69) is 10.3 Å². The van der Waals surface area contributed by atoms with Gasteiger partial charge in [0, 0.05) is 32.1 Å². The predicted octanol–water partition coefficient (Wildman–Crippen LogP) is 0.0349. The fourth-order valence-electron chi connectivity index (χ4n) is 4.06. The second-order valence-electron chi connectivity index (χ2n) is 8.06. The average Bonchev–Trinajstić information content (AvgIpc) is 2.64. The Morgan fingerprint density at radius 1 is 1.33 bits per heavy atom. The number of rotatable bonds is 2. The van der Waals surface area contributed by atoms with Crippen LogP contribution >= 0.6 is 0 Å².